The molecule has 20 heavy (non-hydrogen) atoms. The van der Waals surface area contributed by atoms with Crippen LogP contribution in [0.3, 0.4) is 0 Å². The second-order valence-corrected chi connectivity index (χ2v) is 6.01. The summed E-state index contributed by atoms with van der Waals surface area (Å²) < 4.78 is 0. The van der Waals surface area contributed by atoms with E-state index < -0.39 is 0 Å². The largest absolute Gasteiger partial charge is 0.313 e. The lowest BCUT2D eigenvalue weighted by molar-refractivity contribution is 0.654. The lowest BCUT2D eigenvalue weighted by atomic mass is 9.95. The van der Waals surface area contributed by atoms with E-state index in [4.69, 9.17) is 46.4 Å². The van der Waals surface area contributed by atoms with E-state index in [9.17, 15) is 0 Å². The molecule has 0 aliphatic heterocycles. The highest BCUT2D eigenvalue weighted by molar-refractivity contribution is 6.50. The maximum Gasteiger partial charge on any atom is 0.0686 e. The number of hydrogen-bond acceptors (Lipinski definition) is 1. The molecule has 106 valence electrons. The van der Waals surface area contributed by atoms with Crippen molar-refractivity contribution in [2.24, 2.45) is 0 Å². The molecule has 0 heterocycles. The fourth-order valence-electron chi connectivity index (χ4n) is 2.07. The van der Waals surface area contributed by atoms with E-state index in [0.29, 0.717) is 25.7 Å². The van der Waals surface area contributed by atoms with Crippen LogP contribution in [0, 0.1) is 0 Å². The molecule has 0 spiro atoms. The Morgan fingerprint density at radius 2 is 1.50 bits per heavy atom. The molecular formula is C15H13Cl4N. The fourth-order valence-corrected chi connectivity index (χ4v) is 3.08. The molecule has 0 fully saturated rings. The summed E-state index contributed by atoms with van der Waals surface area (Å²) in [7, 11) is 1.90. The highest BCUT2D eigenvalue weighted by Gasteiger charge is 2.19. The third-order valence-electron chi connectivity index (χ3n) is 3.24. The third-order valence-corrected chi connectivity index (χ3v) is 4.82. The van der Waals surface area contributed by atoms with Gasteiger partial charge in [-0.25, -0.2) is 0 Å². The average Bonchev–Trinajstić information content (AvgIpc) is 2.45. The minimum atomic E-state index is 0.149. The van der Waals surface area contributed by atoms with Gasteiger partial charge in [-0.15, -0.1) is 0 Å². The van der Waals surface area contributed by atoms with Crippen LogP contribution < -0.4 is 5.32 Å². The molecule has 0 saturated heterocycles. The minimum absolute atomic E-state index is 0.149. The summed E-state index contributed by atoms with van der Waals surface area (Å²) in [6.07, 6.45) is 0. The Hall–Kier alpha value is -0.440. The smallest absolute Gasteiger partial charge is 0.0686 e. The van der Waals surface area contributed by atoms with Crippen LogP contribution in [0.1, 0.15) is 18.5 Å². The van der Waals surface area contributed by atoms with Gasteiger partial charge >= 0.3 is 0 Å². The summed E-state index contributed by atoms with van der Waals surface area (Å²) in [5.74, 6) is 0. The monoisotopic (exact) mass is 347 g/mol. The van der Waals surface area contributed by atoms with E-state index in [1.165, 1.54) is 0 Å². The van der Waals surface area contributed by atoms with Crippen LogP contribution in [0.4, 0.5) is 0 Å². The summed E-state index contributed by atoms with van der Waals surface area (Å²) in [4.78, 5) is 0. The van der Waals surface area contributed by atoms with Gasteiger partial charge in [-0.3, -0.25) is 0 Å². The van der Waals surface area contributed by atoms with Crippen LogP contribution in [0.25, 0.3) is 11.1 Å². The van der Waals surface area contributed by atoms with E-state index in [1.54, 1.807) is 6.07 Å². The maximum atomic E-state index is 6.33. The predicted octanol–water partition coefficient (Wildman–Crippen LogP) is 6.25. The molecule has 0 saturated carbocycles. The van der Waals surface area contributed by atoms with Gasteiger partial charge in [-0.1, -0.05) is 70.7 Å². The van der Waals surface area contributed by atoms with Gasteiger partial charge in [0.2, 0.25) is 0 Å². The predicted molar refractivity (Wildman–Crippen MR) is 89.4 cm³/mol. The van der Waals surface area contributed by atoms with Crippen LogP contribution in [0.2, 0.25) is 20.1 Å². The van der Waals surface area contributed by atoms with Gasteiger partial charge in [0.05, 0.1) is 20.1 Å². The van der Waals surface area contributed by atoms with Gasteiger partial charge in [-0.05, 0) is 31.2 Å². The van der Waals surface area contributed by atoms with Crippen molar-refractivity contribution in [3.8, 4) is 11.1 Å². The fraction of sp³-hybridized carbons (Fsp3) is 0.200. The Balaban J connectivity index is 2.76. The van der Waals surface area contributed by atoms with Gasteiger partial charge in [0.15, 0.2) is 0 Å². The molecule has 1 N–H and O–H groups in total. The summed E-state index contributed by atoms with van der Waals surface area (Å²) in [6, 6.07) is 9.60. The lowest BCUT2D eigenvalue weighted by Gasteiger charge is -2.18. The molecule has 0 amide bonds. The zero-order chi connectivity index (χ0) is 14.9. The quantitative estimate of drug-likeness (QED) is 0.646. The second-order valence-electron chi connectivity index (χ2n) is 4.44. The van der Waals surface area contributed by atoms with Crippen LogP contribution in [0.5, 0.6) is 0 Å². The lowest BCUT2D eigenvalue weighted by Crippen LogP contribution is -2.13. The Morgan fingerprint density at radius 3 is 2.05 bits per heavy atom. The molecular weight excluding hydrogens is 336 g/mol. The van der Waals surface area contributed by atoms with Crippen molar-refractivity contribution >= 4 is 46.4 Å². The van der Waals surface area contributed by atoms with Gasteiger partial charge in [0.1, 0.15) is 0 Å². The van der Waals surface area contributed by atoms with Gasteiger partial charge in [0, 0.05) is 11.6 Å². The summed E-state index contributed by atoms with van der Waals surface area (Å²) in [5.41, 5.74) is 2.68. The number of hydrogen-bond donors (Lipinski definition) is 1. The number of benzene rings is 2. The summed E-state index contributed by atoms with van der Waals surface area (Å²) in [6.45, 7) is 2.06. The SMILES string of the molecule is CNC(C)c1ccccc1-c1c(Cl)c(Cl)cc(Cl)c1Cl. The van der Waals surface area contributed by atoms with Crippen LogP contribution in [0.15, 0.2) is 30.3 Å². The number of rotatable bonds is 3. The molecule has 5 heteroatoms. The molecule has 2 rings (SSSR count). The standard InChI is InChI=1S/C15H13Cl4N/c1-8(20-2)9-5-3-4-6-10(9)13-14(18)11(16)7-12(17)15(13)19/h3-8,20H,1-2H3. The van der Waals surface area contributed by atoms with Crippen molar-refractivity contribution in [2.75, 3.05) is 7.05 Å². The zero-order valence-electron chi connectivity index (χ0n) is 11.0. The Labute approximate surface area is 138 Å². The topological polar surface area (TPSA) is 12.0 Å². The minimum Gasteiger partial charge on any atom is -0.313 e. The van der Waals surface area contributed by atoms with Gasteiger partial charge < -0.3 is 5.32 Å². The molecule has 0 radical (unpaired) electrons. The first-order valence-electron chi connectivity index (χ1n) is 6.07. The first-order chi connectivity index (χ1) is 9.47. The average molecular weight is 349 g/mol. The molecule has 1 nitrogen and oxygen atoms in total. The second kappa shape index (κ2) is 6.55. The van der Waals surface area contributed by atoms with Crippen molar-refractivity contribution in [2.45, 2.75) is 13.0 Å². The van der Waals surface area contributed by atoms with Crippen molar-refractivity contribution in [1.29, 1.82) is 0 Å². The van der Waals surface area contributed by atoms with E-state index >= 15 is 0 Å². The van der Waals surface area contributed by atoms with E-state index in [1.807, 2.05) is 31.3 Å². The molecule has 2 aromatic rings. The van der Waals surface area contributed by atoms with E-state index in [2.05, 4.69) is 12.2 Å². The van der Waals surface area contributed by atoms with Gasteiger partial charge in [0.25, 0.3) is 0 Å². The molecule has 1 atom stereocenters. The molecule has 1 unspecified atom stereocenters. The number of nitrogens with one attached hydrogen (secondary N) is 1. The van der Waals surface area contributed by atoms with Gasteiger partial charge in [-0.2, -0.15) is 0 Å². The Morgan fingerprint density at radius 1 is 0.950 bits per heavy atom. The van der Waals surface area contributed by atoms with Crippen molar-refractivity contribution < 1.29 is 0 Å². The first-order valence-corrected chi connectivity index (χ1v) is 7.58. The van der Waals surface area contributed by atoms with Crippen molar-refractivity contribution in [3.63, 3.8) is 0 Å². The summed E-state index contributed by atoms with van der Waals surface area (Å²) >= 11 is 24.9. The van der Waals surface area contributed by atoms with E-state index in [0.717, 1.165) is 11.1 Å². The molecule has 0 aliphatic carbocycles. The summed E-state index contributed by atoms with van der Waals surface area (Å²) in [5, 5.41) is 4.82. The maximum absolute atomic E-state index is 6.33. The van der Waals surface area contributed by atoms with Crippen LogP contribution in [-0.2, 0) is 0 Å². The van der Waals surface area contributed by atoms with Crippen LogP contribution in [-0.4, -0.2) is 7.05 Å². The molecule has 0 aliphatic rings. The zero-order valence-corrected chi connectivity index (χ0v) is 14.0. The molecule has 2 aromatic carbocycles. The molecule has 0 bridgehead atoms. The van der Waals surface area contributed by atoms with Crippen LogP contribution >= 0.6 is 46.4 Å². The van der Waals surface area contributed by atoms with E-state index in [-0.39, 0.29) is 6.04 Å². The first kappa shape index (κ1) is 15.9. The number of halogens is 4. The molecule has 0 aromatic heterocycles. The highest BCUT2D eigenvalue weighted by Crippen LogP contribution is 2.45. The Bertz CT molecular complexity index is 614. The van der Waals surface area contributed by atoms with Crippen molar-refractivity contribution in [3.05, 3.63) is 56.0 Å². The normalized spacial score (nSPS) is 12.5. The Kier molecular flexibility index (Phi) is 5.22. The highest BCUT2D eigenvalue weighted by atomic mass is 35.5. The van der Waals surface area contributed by atoms with Crippen molar-refractivity contribution in [1.82, 2.24) is 5.32 Å². The third kappa shape index (κ3) is 2.93.